The second-order valence-electron chi connectivity index (χ2n) is 3.02. The van der Waals surface area contributed by atoms with Crippen molar-refractivity contribution in [3.63, 3.8) is 0 Å². The highest BCUT2D eigenvalue weighted by Crippen LogP contribution is 2.38. The third kappa shape index (κ3) is 3.67. The molecule has 0 bridgehead atoms. The molecule has 18 heavy (non-hydrogen) atoms. The predicted octanol–water partition coefficient (Wildman–Crippen LogP) is 1.34. The minimum atomic E-state index is -0.586. The topological polar surface area (TPSA) is 146 Å². The largest absolute Gasteiger partial charge is 0.370 e. The highest BCUT2D eigenvalue weighted by atomic mass is 79.9. The fraction of sp³-hybridized carbons (Fsp3) is 0. The van der Waals surface area contributed by atoms with E-state index < -0.39 is 4.92 Å². The number of rotatable bonds is 2. The van der Waals surface area contributed by atoms with Gasteiger partial charge in [-0.1, -0.05) is 15.9 Å². The predicted molar refractivity (Wildman–Crippen MR) is 75.6 cm³/mol. The monoisotopic (exact) mass is 378 g/mol. The van der Waals surface area contributed by atoms with E-state index in [-0.39, 0.29) is 23.3 Å². The van der Waals surface area contributed by atoms with E-state index in [9.17, 15) is 10.1 Å². The average Bonchev–Trinajstić information content (AvgIpc) is 2.20. The number of aliphatic imine (C=N–C) groups is 2. The number of hydrogen-bond acceptors (Lipinski definition) is 3. The van der Waals surface area contributed by atoms with E-state index in [4.69, 9.17) is 17.2 Å². The molecule has 1 rings (SSSR count). The van der Waals surface area contributed by atoms with Gasteiger partial charge in [-0.05, 0) is 22.0 Å². The lowest BCUT2D eigenvalue weighted by Crippen LogP contribution is -2.26. The molecule has 1 aromatic rings. The van der Waals surface area contributed by atoms with Crippen molar-refractivity contribution < 1.29 is 4.92 Å². The van der Waals surface area contributed by atoms with Crippen molar-refractivity contribution in [2.45, 2.75) is 0 Å². The van der Waals surface area contributed by atoms with Gasteiger partial charge in [0.1, 0.15) is 0 Å². The summed E-state index contributed by atoms with van der Waals surface area (Å²) in [7, 11) is 0. The fourth-order valence-corrected chi connectivity index (χ4v) is 2.37. The van der Waals surface area contributed by atoms with Gasteiger partial charge in [0.05, 0.1) is 9.40 Å². The first-order chi connectivity index (χ1) is 8.31. The van der Waals surface area contributed by atoms with E-state index in [0.29, 0.717) is 8.95 Å². The third-order valence-electron chi connectivity index (χ3n) is 1.67. The van der Waals surface area contributed by atoms with Gasteiger partial charge >= 0.3 is 0 Å². The van der Waals surface area contributed by atoms with Crippen molar-refractivity contribution in [2.24, 2.45) is 27.2 Å². The van der Waals surface area contributed by atoms with E-state index in [1.54, 1.807) is 6.07 Å². The van der Waals surface area contributed by atoms with Gasteiger partial charge in [0.25, 0.3) is 5.69 Å². The number of nitro benzene ring substituents is 1. The van der Waals surface area contributed by atoms with Gasteiger partial charge in [-0.25, -0.2) is 4.99 Å². The molecule has 0 saturated carbocycles. The number of nitrogens with two attached hydrogens (primary N) is 3. The first-order valence-electron chi connectivity index (χ1n) is 4.38. The Hall–Kier alpha value is -1.68. The van der Waals surface area contributed by atoms with Crippen LogP contribution in [0.15, 0.2) is 31.1 Å². The average molecular weight is 380 g/mol. The number of nitro groups is 1. The summed E-state index contributed by atoms with van der Waals surface area (Å²) >= 11 is 6.29. The lowest BCUT2D eigenvalue weighted by molar-refractivity contribution is -0.384. The molecular weight excluding hydrogens is 372 g/mol. The summed E-state index contributed by atoms with van der Waals surface area (Å²) in [6, 6.07) is 2.89. The van der Waals surface area contributed by atoms with Crippen molar-refractivity contribution in [2.75, 3.05) is 0 Å². The quantitative estimate of drug-likeness (QED) is 0.307. The molecule has 0 unspecified atom stereocenters. The molecule has 0 amide bonds. The Morgan fingerprint density at radius 2 is 1.89 bits per heavy atom. The molecule has 0 aliphatic carbocycles. The standard InChI is InChI=1S/C8H8Br2N6O2/c9-3-1-4(10)6(5(2-3)16(17)18)14-8(13)15-7(11)12/h1-2H,(H6,11,12,13,14,15). The van der Waals surface area contributed by atoms with E-state index >= 15 is 0 Å². The molecule has 0 atom stereocenters. The smallest absolute Gasteiger partial charge is 0.297 e. The molecule has 0 aromatic heterocycles. The summed E-state index contributed by atoms with van der Waals surface area (Å²) in [5, 5.41) is 10.9. The molecule has 0 saturated heterocycles. The number of guanidine groups is 2. The van der Waals surface area contributed by atoms with Crippen LogP contribution in [-0.4, -0.2) is 16.8 Å². The number of benzene rings is 1. The van der Waals surface area contributed by atoms with Crippen LogP contribution in [0.25, 0.3) is 0 Å². The molecule has 0 aliphatic rings. The molecule has 96 valence electrons. The van der Waals surface area contributed by atoms with Gasteiger partial charge in [0, 0.05) is 10.5 Å². The zero-order valence-corrected chi connectivity index (χ0v) is 12.0. The Kier molecular flexibility index (Phi) is 4.62. The van der Waals surface area contributed by atoms with E-state index in [0.717, 1.165) is 0 Å². The maximum Gasteiger partial charge on any atom is 0.297 e. The first kappa shape index (κ1) is 14.4. The third-order valence-corrected chi connectivity index (χ3v) is 2.74. The molecule has 10 heteroatoms. The van der Waals surface area contributed by atoms with E-state index in [1.165, 1.54) is 6.07 Å². The lowest BCUT2D eigenvalue weighted by atomic mass is 10.3. The molecular formula is C8H8Br2N6O2. The summed E-state index contributed by atoms with van der Waals surface area (Å²) in [5.74, 6) is -0.562. The highest BCUT2D eigenvalue weighted by molar-refractivity contribution is 9.11. The molecule has 0 aliphatic heterocycles. The highest BCUT2D eigenvalue weighted by Gasteiger charge is 2.18. The van der Waals surface area contributed by atoms with Crippen molar-refractivity contribution in [1.82, 2.24) is 0 Å². The Morgan fingerprint density at radius 1 is 1.28 bits per heavy atom. The van der Waals surface area contributed by atoms with Gasteiger partial charge in [-0.15, -0.1) is 0 Å². The molecule has 0 radical (unpaired) electrons. The van der Waals surface area contributed by atoms with Crippen LogP contribution in [0.2, 0.25) is 0 Å². The van der Waals surface area contributed by atoms with Crippen LogP contribution in [0.5, 0.6) is 0 Å². The normalized spacial score (nSPS) is 11.1. The Morgan fingerprint density at radius 3 is 2.39 bits per heavy atom. The van der Waals surface area contributed by atoms with Gasteiger partial charge in [-0.2, -0.15) is 4.99 Å². The zero-order valence-electron chi connectivity index (χ0n) is 8.80. The molecule has 8 nitrogen and oxygen atoms in total. The van der Waals surface area contributed by atoms with Gasteiger partial charge in [0.2, 0.25) is 5.96 Å². The molecule has 6 N–H and O–H groups in total. The second kappa shape index (κ2) is 5.78. The van der Waals surface area contributed by atoms with Crippen LogP contribution in [0.1, 0.15) is 0 Å². The molecule has 0 heterocycles. The first-order valence-corrected chi connectivity index (χ1v) is 5.97. The maximum atomic E-state index is 10.9. The van der Waals surface area contributed by atoms with Gasteiger partial charge in [-0.3, -0.25) is 10.1 Å². The van der Waals surface area contributed by atoms with Crippen LogP contribution < -0.4 is 17.2 Å². The van der Waals surface area contributed by atoms with Crippen LogP contribution >= 0.6 is 31.9 Å². The van der Waals surface area contributed by atoms with E-state index in [1.807, 2.05) is 0 Å². The van der Waals surface area contributed by atoms with Crippen LogP contribution in [0.3, 0.4) is 0 Å². The zero-order chi connectivity index (χ0) is 13.9. The van der Waals surface area contributed by atoms with E-state index in [2.05, 4.69) is 41.8 Å². The van der Waals surface area contributed by atoms with Crippen molar-refractivity contribution in [3.05, 3.63) is 31.2 Å². The fourth-order valence-electron chi connectivity index (χ4n) is 1.07. The van der Waals surface area contributed by atoms with Gasteiger partial charge in [0.15, 0.2) is 11.6 Å². The Balaban J connectivity index is 3.40. The number of hydrogen-bond donors (Lipinski definition) is 3. The van der Waals surface area contributed by atoms with Crippen LogP contribution in [-0.2, 0) is 0 Å². The molecule has 1 aromatic carbocycles. The Bertz CT molecular complexity index is 553. The van der Waals surface area contributed by atoms with Crippen molar-refractivity contribution >= 4 is 55.2 Å². The minimum Gasteiger partial charge on any atom is -0.370 e. The van der Waals surface area contributed by atoms with Crippen molar-refractivity contribution in [3.8, 4) is 0 Å². The lowest BCUT2D eigenvalue weighted by Gasteiger charge is -2.02. The summed E-state index contributed by atoms with van der Waals surface area (Å²) in [6.07, 6.45) is 0. The summed E-state index contributed by atoms with van der Waals surface area (Å²) in [6.45, 7) is 0. The molecule has 0 spiro atoms. The van der Waals surface area contributed by atoms with Crippen molar-refractivity contribution in [1.29, 1.82) is 0 Å². The Labute approximate surface area is 118 Å². The summed E-state index contributed by atoms with van der Waals surface area (Å²) in [5.41, 5.74) is 15.5. The SMILES string of the molecule is NC(N)=NC(N)=Nc1c(Br)cc(Br)cc1[N+](=O)[O-]. The minimum absolute atomic E-state index is 0.0331. The van der Waals surface area contributed by atoms with Crippen LogP contribution in [0.4, 0.5) is 11.4 Å². The number of halogens is 2. The second-order valence-corrected chi connectivity index (χ2v) is 4.79. The summed E-state index contributed by atoms with van der Waals surface area (Å²) < 4.78 is 0.915. The molecule has 0 fully saturated rings. The van der Waals surface area contributed by atoms with Gasteiger partial charge < -0.3 is 17.2 Å². The maximum absolute atomic E-state index is 10.9. The summed E-state index contributed by atoms with van der Waals surface area (Å²) in [4.78, 5) is 17.6. The van der Waals surface area contributed by atoms with Crippen LogP contribution in [0, 0.1) is 10.1 Å². The number of nitrogens with zero attached hydrogens (tertiary/aromatic N) is 3.